The molecule has 1 aromatic heterocycles. The van der Waals surface area contributed by atoms with Gasteiger partial charge in [-0.25, -0.2) is 0 Å². The fourth-order valence-electron chi connectivity index (χ4n) is 3.15. The number of anilines is 1. The summed E-state index contributed by atoms with van der Waals surface area (Å²) in [6.45, 7) is 3.48. The van der Waals surface area contributed by atoms with E-state index in [0.717, 1.165) is 47.6 Å². The van der Waals surface area contributed by atoms with Crippen LogP contribution in [0.25, 0.3) is 5.69 Å². The van der Waals surface area contributed by atoms with Crippen LogP contribution >= 0.6 is 0 Å². The fraction of sp³-hybridized carbons (Fsp3) is 0.389. The number of ether oxygens (including phenoxy) is 1. The lowest BCUT2D eigenvalue weighted by Gasteiger charge is -2.16. The summed E-state index contributed by atoms with van der Waals surface area (Å²) in [4.78, 5) is 12.2. The number of aromatic nitrogens is 1. The average Bonchev–Trinajstić information content (AvgIpc) is 2.86. The van der Waals surface area contributed by atoms with Gasteiger partial charge in [0.25, 0.3) is 0 Å². The van der Waals surface area contributed by atoms with Crippen LogP contribution in [0.1, 0.15) is 34.5 Å². The minimum Gasteiger partial charge on any atom is -0.383 e. The predicted octanol–water partition coefficient (Wildman–Crippen LogP) is 3.36. The molecule has 0 radical (unpaired) electrons. The number of Topliss-reactive ketones (excluding diaryl/α,β-unsaturated/α-hetero) is 1. The number of rotatable bonds is 5. The van der Waals surface area contributed by atoms with Crippen LogP contribution in [-0.2, 0) is 11.2 Å². The van der Waals surface area contributed by atoms with Crippen molar-refractivity contribution in [1.29, 1.82) is 0 Å². The maximum atomic E-state index is 12.2. The van der Waals surface area contributed by atoms with Gasteiger partial charge in [0.1, 0.15) is 0 Å². The van der Waals surface area contributed by atoms with Gasteiger partial charge in [0.2, 0.25) is 0 Å². The summed E-state index contributed by atoms with van der Waals surface area (Å²) in [7, 11) is 1.70. The van der Waals surface area contributed by atoms with Crippen LogP contribution < -0.4 is 5.32 Å². The SMILES string of the molecule is COCCNc1cccc(-n2cc(C)c3c2CCCC3=O)c1. The highest BCUT2D eigenvalue weighted by molar-refractivity contribution is 5.99. The Kier molecular flexibility index (Phi) is 4.29. The first kappa shape index (κ1) is 14.9. The number of hydrogen-bond acceptors (Lipinski definition) is 3. The lowest BCUT2D eigenvalue weighted by Crippen LogP contribution is -2.13. The molecule has 22 heavy (non-hydrogen) atoms. The summed E-state index contributed by atoms with van der Waals surface area (Å²) in [5.74, 6) is 0.284. The molecule has 0 saturated carbocycles. The second-order valence-corrected chi connectivity index (χ2v) is 5.75. The van der Waals surface area contributed by atoms with Crippen molar-refractivity contribution in [3.8, 4) is 5.69 Å². The van der Waals surface area contributed by atoms with E-state index < -0.39 is 0 Å². The van der Waals surface area contributed by atoms with Crippen molar-refractivity contribution in [2.75, 3.05) is 25.6 Å². The number of aryl methyl sites for hydroxylation is 1. The molecular formula is C18H22N2O2. The van der Waals surface area contributed by atoms with Gasteiger partial charge in [0.05, 0.1) is 6.61 Å². The number of methoxy groups -OCH3 is 1. The third-order valence-electron chi connectivity index (χ3n) is 4.15. The normalized spacial score (nSPS) is 14.0. The van der Waals surface area contributed by atoms with Crippen LogP contribution in [0.2, 0.25) is 0 Å². The predicted molar refractivity (Wildman–Crippen MR) is 88.1 cm³/mol. The van der Waals surface area contributed by atoms with Gasteiger partial charge < -0.3 is 14.6 Å². The lowest BCUT2D eigenvalue weighted by atomic mass is 9.94. The molecule has 116 valence electrons. The molecule has 3 rings (SSSR count). The number of benzene rings is 1. The zero-order valence-electron chi connectivity index (χ0n) is 13.2. The molecule has 0 bridgehead atoms. The van der Waals surface area contributed by atoms with E-state index in [1.54, 1.807) is 7.11 Å². The van der Waals surface area contributed by atoms with Gasteiger partial charge in [-0.1, -0.05) is 6.07 Å². The zero-order valence-corrected chi connectivity index (χ0v) is 13.2. The number of carbonyl (C=O) groups is 1. The molecule has 0 amide bonds. The monoisotopic (exact) mass is 298 g/mol. The van der Waals surface area contributed by atoms with Gasteiger partial charge in [0, 0.05) is 48.9 Å². The van der Waals surface area contributed by atoms with Crippen molar-refractivity contribution < 1.29 is 9.53 Å². The van der Waals surface area contributed by atoms with Gasteiger partial charge in [-0.3, -0.25) is 4.79 Å². The second-order valence-electron chi connectivity index (χ2n) is 5.75. The highest BCUT2D eigenvalue weighted by Crippen LogP contribution is 2.29. The Bertz CT molecular complexity index is 688. The number of ketones is 1. The molecule has 0 aliphatic heterocycles. The molecule has 1 aliphatic rings. The molecule has 4 heteroatoms. The molecule has 0 saturated heterocycles. The van der Waals surface area contributed by atoms with Crippen molar-refractivity contribution in [3.05, 3.63) is 47.3 Å². The van der Waals surface area contributed by atoms with Crippen LogP contribution in [-0.4, -0.2) is 30.6 Å². The van der Waals surface area contributed by atoms with Crippen molar-refractivity contribution >= 4 is 11.5 Å². The Hall–Kier alpha value is -2.07. The first-order valence-electron chi connectivity index (χ1n) is 7.78. The number of nitrogens with zero attached hydrogens (tertiary/aromatic N) is 1. The molecule has 1 aromatic carbocycles. The summed E-state index contributed by atoms with van der Waals surface area (Å²) in [5, 5.41) is 3.35. The van der Waals surface area contributed by atoms with Crippen LogP contribution in [0.4, 0.5) is 5.69 Å². The summed E-state index contributed by atoms with van der Waals surface area (Å²) >= 11 is 0. The van der Waals surface area contributed by atoms with Crippen molar-refractivity contribution in [1.82, 2.24) is 4.57 Å². The molecule has 2 aromatic rings. The maximum absolute atomic E-state index is 12.2. The van der Waals surface area contributed by atoms with Gasteiger partial charge in [-0.05, 0) is 43.5 Å². The lowest BCUT2D eigenvalue weighted by molar-refractivity contribution is 0.0971. The van der Waals surface area contributed by atoms with Crippen LogP contribution in [0.3, 0.4) is 0 Å². The van der Waals surface area contributed by atoms with Gasteiger partial charge in [-0.2, -0.15) is 0 Å². The molecule has 0 unspecified atom stereocenters. The third kappa shape index (κ3) is 2.79. The summed E-state index contributed by atoms with van der Waals surface area (Å²) in [6, 6.07) is 8.29. The van der Waals surface area contributed by atoms with E-state index in [2.05, 4.69) is 28.2 Å². The van der Waals surface area contributed by atoms with Crippen LogP contribution in [0, 0.1) is 6.92 Å². The Morgan fingerprint density at radius 3 is 3.00 bits per heavy atom. The minimum absolute atomic E-state index is 0.284. The first-order chi connectivity index (χ1) is 10.7. The molecule has 1 heterocycles. The van der Waals surface area contributed by atoms with E-state index >= 15 is 0 Å². The van der Waals surface area contributed by atoms with Crippen LogP contribution in [0.15, 0.2) is 30.5 Å². The quantitative estimate of drug-likeness (QED) is 0.861. The standard InChI is InChI=1S/C18H22N2O2/c1-13-12-20(16-7-4-8-17(21)18(13)16)15-6-3-5-14(11-15)19-9-10-22-2/h3,5-6,11-12,19H,4,7-10H2,1-2H3. The van der Waals surface area contributed by atoms with Crippen molar-refractivity contribution in [3.63, 3.8) is 0 Å². The summed E-state index contributed by atoms with van der Waals surface area (Å²) in [6.07, 6.45) is 4.68. The molecule has 0 spiro atoms. The molecule has 1 aliphatic carbocycles. The zero-order chi connectivity index (χ0) is 15.5. The number of fused-ring (bicyclic) bond motifs is 1. The summed E-state index contributed by atoms with van der Waals surface area (Å²) in [5.41, 5.74) is 5.34. The Labute approximate surface area is 131 Å². The largest absolute Gasteiger partial charge is 0.383 e. The van der Waals surface area contributed by atoms with E-state index in [1.807, 2.05) is 19.1 Å². The molecule has 1 N–H and O–H groups in total. The van der Waals surface area contributed by atoms with Gasteiger partial charge in [0.15, 0.2) is 5.78 Å². The Balaban J connectivity index is 1.93. The van der Waals surface area contributed by atoms with E-state index in [9.17, 15) is 4.79 Å². The van der Waals surface area contributed by atoms with Crippen molar-refractivity contribution in [2.24, 2.45) is 0 Å². The highest BCUT2D eigenvalue weighted by atomic mass is 16.5. The highest BCUT2D eigenvalue weighted by Gasteiger charge is 2.23. The number of nitrogens with one attached hydrogen (secondary N) is 1. The minimum atomic E-state index is 0.284. The second kappa shape index (κ2) is 6.36. The Morgan fingerprint density at radius 1 is 1.32 bits per heavy atom. The third-order valence-corrected chi connectivity index (χ3v) is 4.15. The van der Waals surface area contributed by atoms with E-state index in [-0.39, 0.29) is 5.78 Å². The molecule has 0 atom stereocenters. The van der Waals surface area contributed by atoms with Gasteiger partial charge >= 0.3 is 0 Å². The fourth-order valence-corrected chi connectivity index (χ4v) is 3.15. The Morgan fingerprint density at radius 2 is 2.18 bits per heavy atom. The maximum Gasteiger partial charge on any atom is 0.164 e. The van der Waals surface area contributed by atoms with Gasteiger partial charge in [-0.15, -0.1) is 0 Å². The van der Waals surface area contributed by atoms with E-state index in [4.69, 9.17) is 4.74 Å². The molecular weight excluding hydrogens is 276 g/mol. The topological polar surface area (TPSA) is 43.3 Å². The molecule has 4 nitrogen and oxygen atoms in total. The summed E-state index contributed by atoms with van der Waals surface area (Å²) < 4.78 is 7.23. The molecule has 0 fully saturated rings. The van der Waals surface area contributed by atoms with E-state index in [1.165, 1.54) is 0 Å². The number of hydrogen-bond donors (Lipinski definition) is 1. The average molecular weight is 298 g/mol. The first-order valence-corrected chi connectivity index (χ1v) is 7.78. The van der Waals surface area contributed by atoms with Crippen molar-refractivity contribution in [2.45, 2.75) is 26.2 Å². The van der Waals surface area contributed by atoms with E-state index in [0.29, 0.717) is 13.0 Å². The van der Waals surface area contributed by atoms with Crippen LogP contribution in [0.5, 0.6) is 0 Å². The number of carbonyl (C=O) groups excluding carboxylic acids is 1. The smallest absolute Gasteiger partial charge is 0.164 e.